The molecule has 1 amide bonds. The van der Waals surface area contributed by atoms with E-state index in [2.05, 4.69) is 0 Å². The van der Waals surface area contributed by atoms with Gasteiger partial charge in [0.05, 0.1) is 19.4 Å². The van der Waals surface area contributed by atoms with Gasteiger partial charge in [-0.2, -0.15) is 0 Å². The van der Waals surface area contributed by atoms with Crippen LogP contribution in [0, 0.1) is 0 Å². The van der Waals surface area contributed by atoms with Crippen LogP contribution < -0.4 is 0 Å². The molecule has 26 heavy (non-hydrogen) atoms. The number of nitrogens with zero attached hydrogens (tertiary/aromatic N) is 1. The number of amides is 1. The Kier molecular flexibility index (Phi) is 7.63. The number of benzene rings is 1. The molecule has 1 aromatic carbocycles. The van der Waals surface area contributed by atoms with Crippen molar-refractivity contribution < 1.29 is 32.7 Å². The summed E-state index contributed by atoms with van der Waals surface area (Å²) in [5.74, 6) is -0.554. The van der Waals surface area contributed by atoms with E-state index in [1.54, 1.807) is 13.8 Å². The summed E-state index contributed by atoms with van der Waals surface area (Å²) in [4.78, 5) is 25.4. The number of carbonyl (C=O) groups excluding carboxylic acids is 2. The molecule has 1 aliphatic heterocycles. The van der Waals surface area contributed by atoms with Crippen LogP contribution in [0.4, 0.5) is 4.79 Å². The molecule has 0 saturated carbocycles. The van der Waals surface area contributed by atoms with Crippen molar-refractivity contribution in [3.05, 3.63) is 35.9 Å². The summed E-state index contributed by atoms with van der Waals surface area (Å²) in [5, 5.41) is 0. The fraction of sp³-hybridized carbons (Fsp3) is 0.529. The largest absolute Gasteiger partial charge is 0.444 e. The van der Waals surface area contributed by atoms with Crippen molar-refractivity contribution in [3.63, 3.8) is 0 Å². The molecule has 1 unspecified atom stereocenters. The van der Waals surface area contributed by atoms with Crippen molar-refractivity contribution in [2.75, 3.05) is 26.1 Å². The van der Waals surface area contributed by atoms with Crippen molar-refractivity contribution in [2.24, 2.45) is 0 Å². The average Bonchev–Trinajstić information content (AvgIpc) is 3.00. The highest BCUT2D eigenvalue weighted by molar-refractivity contribution is 7.53. The van der Waals surface area contributed by atoms with Crippen molar-refractivity contribution >= 4 is 19.7 Å². The minimum absolute atomic E-state index is 0.0108. The molecule has 0 aliphatic carbocycles. The van der Waals surface area contributed by atoms with Gasteiger partial charge in [-0.1, -0.05) is 30.3 Å². The van der Waals surface area contributed by atoms with Gasteiger partial charge in [-0.05, 0) is 25.8 Å². The zero-order valence-electron chi connectivity index (χ0n) is 15.0. The predicted octanol–water partition coefficient (Wildman–Crippen LogP) is 3.16. The van der Waals surface area contributed by atoms with E-state index >= 15 is 0 Å². The van der Waals surface area contributed by atoms with E-state index in [-0.39, 0.29) is 39.1 Å². The molecule has 1 heterocycles. The van der Waals surface area contributed by atoms with Gasteiger partial charge in [-0.3, -0.25) is 9.46 Å². The Morgan fingerprint density at radius 1 is 1.23 bits per heavy atom. The average molecular weight is 385 g/mol. The topological polar surface area (TPSA) is 91.4 Å². The van der Waals surface area contributed by atoms with E-state index in [1.165, 1.54) is 4.90 Å². The molecule has 0 N–H and O–H groups in total. The van der Waals surface area contributed by atoms with Crippen molar-refractivity contribution in [1.29, 1.82) is 0 Å². The molecule has 0 aromatic heterocycles. The number of hydrogen-bond acceptors (Lipinski definition) is 7. The smallest absolute Gasteiger partial charge is 0.413 e. The van der Waals surface area contributed by atoms with E-state index in [1.807, 2.05) is 30.3 Å². The monoisotopic (exact) mass is 385 g/mol. The first-order valence-electron chi connectivity index (χ1n) is 8.51. The van der Waals surface area contributed by atoms with Crippen molar-refractivity contribution in [1.82, 2.24) is 4.90 Å². The molecule has 1 saturated heterocycles. The predicted molar refractivity (Wildman–Crippen MR) is 93.6 cm³/mol. The molecule has 8 nitrogen and oxygen atoms in total. The molecule has 1 aliphatic rings. The van der Waals surface area contributed by atoms with Crippen molar-refractivity contribution in [3.8, 4) is 0 Å². The molecule has 0 spiro atoms. The van der Waals surface area contributed by atoms with Gasteiger partial charge in [0.15, 0.2) is 6.73 Å². The first kappa shape index (κ1) is 20.4. The zero-order chi connectivity index (χ0) is 19.0. The lowest BCUT2D eigenvalue weighted by Crippen LogP contribution is -2.39. The molecule has 144 valence electrons. The van der Waals surface area contributed by atoms with Crippen LogP contribution in [0.3, 0.4) is 0 Å². The highest BCUT2D eigenvalue weighted by atomic mass is 31.2. The van der Waals surface area contributed by atoms with Crippen LogP contribution in [0.5, 0.6) is 0 Å². The lowest BCUT2D eigenvalue weighted by molar-refractivity contribution is -0.139. The Morgan fingerprint density at radius 2 is 1.88 bits per heavy atom. The number of carbonyl (C=O) groups is 2. The highest BCUT2D eigenvalue weighted by Crippen LogP contribution is 2.49. The zero-order valence-corrected chi connectivity index (χ0v) is 15.9. The van der Waals surface area contributed by atoms with Gasteiger partial charge in [0.1, 0.15) is 12.6 Å². The highest BCUT2D eigenvalue weighted by Gasteiger charge is 2.40. The van der Waals surface area contributed by atoms with E-state index in [4.69, 9.17) is 18.5 Å². The van der Waals surface area contributed by atoms with Crippen LogP contribution in [0.1, 0.15) is 25.8 Å². The van der Waals surface area contributed by atoms with Crippen LogP contribution in [0.15, 0.2) is 30.3 Å². The maximum atomic E-state index is 12.5. The molecule has 9 heteroatoms. The maximum Gasteiger partial charge on any atom is 0.413 e. The molecule has 0 radical (unpaired) electrons. The summed E-state index contributed by atoms with van der Waals surface area (Å²) in [7, 11) is -3.30. The second-order valence-corrected chi connectivity index (χ2v) is 7.76. The number of ether oxygens (including phenoxy) is 2. The number of esters is 1. The van der Waals surface area contributed by atoms with Crippen LogP contribution >= 0.6 is 7.60 Å². The number of hydrogen-bond donors (Lipinski definition) is 0. The Bertz CT molecular complexity index is 642. The van der Waals surface area contributed by atoms with Gasteiger partial charge in [-0.15, -0.1) is 0 Å². The second kappa shape index (κ2) is 9.71. The normalized spacial score (nSPS) is 17.2. The number of rotatable bonds is 9. The standard InChI is InChI=1S/C17H24NO7P/c1-3-24-26(21,25-4-2)11-10-15-16(19)23-13-18(15)17(20)22-12-14-8-6-5-7-9-14/h5-9,15H,3-4,10-13H2,1-2H3. The fourth-order valence-corrected chi connectivity index (χ4v) is 4.22. The van der Waals surface area contributed by atoms with Gasteiger partial charge < -0.3 is 18.5 Å². The molecule has 0 bridgehead atoms. The number of cyclic esters (lactones) is 1. The van der Waals surface area contributed by atoms with Crippen LogP contribution in [0.25, 0.3) is 0 Å². The maximum absolute atomic E-state index is 12.5. The Morgan fingerprint density at radius 3 is 2.50 bits per heavy atom. The summed E-state index contributed by atoms with van der Waals surface area (Å²) >= 11 is 0. The SMILES string of the molecule is CCOP(=O)(CCC1C(=O)OCN1C(=O)OCc1ccccc1)OCC. The van der Waals surface area contributed by atoms with E-state index in [9.17, 15) is 14.2 Å². The van der Waals surface area contributed by atoms with E-state index < -0.39 is 25.7 Å². The third-order valence-electron chi connectivity index (χ3n) is 3.76. The van der Waals surface area contributed by atoms with Gasteiger partial charge >= 0.3 is 19.7 Å². The van der Waals surface area contributed by atoms with Gasteiger partial charge in [-0.25, -0.2) is 9.59 Å². The summed E-state index contributed by atoms with van der Waals surface area (Å²) in [6.07, 6.45) is -0.541. The summed E-state index contributed by atoms with van der Waals surface area (Å²) in [6.45, 7) is 3.79. The van der Waals surface area contributed by atoms with E-state index in [0.29, 0.717) is 0 Å². The summed E-state index contributed by atoms with van der Waals surface area (Å²) in [5.41, 5.74) is 0.834. The lowest BCUT2D eigenvalue weighted by atomic mass is 10.2. The second-order valence-electron chi connectivity index (χ2n) is 5.58. The van der Waals surface area contributed by atoms with Crippen LogP contribution in [0.2, 0.25) is 0 Å². The quantitative estimate of drug-likeness (QED) is 0.476. The van der Waals surface area contributed by atoms with E-state index in [0.717, 1.165) is 5.56 Å². The minimum Gasteiger partial charge on any atom is -0.444 e. The Balaban J connectivity index is 1.94. The minimum atomic E-state index is -3.30. The van der Waals surface area contributed by atoms with Crippen LogP contribution in [-0.2, 0) is 34.5 Å². The first-order valence-corrected chi connectivity index (χ1v) is 10.2. The third-order valence-corrected chi connectivity index (χ3v) is 5.87. The molecular weight excluding hydrogens is 361 g/mol. The van der Waals surface area contributed by atoms with Crippen molar-refractivity contribution in [2.45, 2.75) is 32.9 Å². The molecule has 1 fully saturated rings. The molecular formula is C17H24NO7P. The summed E-state index contributed by atoms with van der Waals surface area (Å²) < 4.78 is 33.1. The van der Waals surface area contributed by atoms with Gasteiger partial charge in [0.25, 0.3) is 0 Å². The fourth-order valence-electron chi connectivity index (χ4n) is 2.54. The lowest BCUT2D eigenvalue weighted by Gasteiger charge is -2.22. The molecule has 1 aromatic rings. The molecule has 2 rings (SSSR count). The van der Waals surface area contributed by atoms with Gasteiger partial charge in [0.2, 0.25) is 0 Å². The first-order chi connectivity index (χ1) is 12.5. The van der Waals surface area contributed by atoms with Gasteiger partial charge in [0, 0.05) is 0 Å². The summed E-state index contributed by atoms with van der Waals surface area (Å²) in [6, 6.07) is 8.34. The molecule has 1 atom stereocenters. The van der Waals surface area contributed by atoms with Crippen LogP contribution in [-0.4, -0.2) is 49.1 Å². The Hall–Kier alpha value is -1.89. The Labute approximate surface area is 152 Å². The third kappa shape index (κ3) is 5.56.